The van der Waals surface area contributed by atoms with E-state index in [1.165, 1.54) is 0 Å². The van der Waals surface area contributed by atoms with Gasteiger partial charge in [0, 0.05) is 6.54 Å². The maximum Gasteiger partial charge on any atom is 0.211 e. The smallest absolute Gasteiger partial charge is 0.211 e. The van der Waals surface area contributed by atoms with E-state index in [9.17, 15) is 8.42 Å². The van der Waals surface area contributed by atoms with Crippen LogP contribution >= 0.6 is 0 Å². The zero-order chi connectivity index (χ0) is 7.61. The molecule has 0 aromatic carbocycles. The first-order valence-corrected chi connectivity index (χ1v) is 5.06. The largest absolute Gasteiger partial charge is 0.215 e. The molecule has 1 fully saturated rings. The molecule has 1 N–H and O–H groups in total. The van der Waals surface area contributed by atoms with Crippen LogP contribution in [0.3, 0.4) is 0 Å². The first kappa shape index (κ1) is 8.01. The van der Waals surface area contributed by atoms with Gasteiger partial charge in [-0.15, -0.1) is 0 Å². The third kappa shape index (κ3) is 2.66. The van der Waals surface area contributed by atoms with Crippen LogP contribution in [0.2, 0.25) is 0 Å². The van der Waals surface area contributed by atoms with Crippen LogP contribution in [0.25, 0.3) is 0 Å². The molecule has 1 aliphatic rings. The molecule has 3 nitrogen and oxygen atoms in total. The molecule has 0 aliphatic heterocycles. The molecule has 0 aromatic rings. The highest BCUT2D eigenvalue weighted by Gasteiger charge is 2.27. The number of nitrogens with one attached hydrogen (secondary N) is 1. The van der Waals surface area contributed by atoms with Crippen molar-refractivity contribution in [1.29, 1.82) is 0 Å². The molecule has 1 rings (SSSR count). The highest BCUT2D eigenvalue weighted by molar-refractivity contribution is 7.89. The average Bonchev–Trinajstić information content (AvgIpc) is 2.48. The average molecular weight is 162 g/mol. The highest BCUT2D eigenvalue weighted by atomic mass is 32.2. The number of rotatable bonds is 4. The van der Waals surface area contributed by atoms with Crippen LogP contribution in [-0.4, -0.2) is 20.7 Å². The van der Waals surface area contributed by atoms with Gasteiger partial charge in [-0.3, -0.25) is 0 Å². The Balaban J connectivity index is 2.34. The van der Waals surface area contributed by atoms with Crippen molar-refractivity contribution in [3.63, 3.8) is 0 Å². The van der Waals surface area contributed by atoms with Crippen LogP contribution in [0, 0.1) is 12.8 Å². The second-order valence-corrected chi connectivity index (χ2v) is 4.47. The topological polar surface area (TPSA) is 46.2 Å². The summed E-state index contributed by atoms with van der Waals surface area (Å²) in [7, 11) is -2.98. The summed E-state index contributed by atoms with van der Waals surface area (Å²) < 4.78 is 24.2. The molecule has 0 atom stereocenters. The maximum absolute atomic E-state index is 10.9. The molecule has 1 radical (unpaired) electrons. The van der Waals surface area contributed by atoms with E-state index < -0.39 is 10.0 Å². The van der Waals surface area contributed by atoms with Gasteiger partial charge < -0.3 is 0 Å². The van der Waals surface area contributed by atoms with Gasteiger partial charge >= 0.3 is 0 Å². The lowest BCUT2D eigenvalue weighted by molar-refractivity contribution is 0.581. The Kier molecular flexibility index (Phi) is 2.31. The zero-order valence-corrected chi connectivity index (χ0v) is 6.65. The van der Waals surface area contributed by atoms with Gasteiger partial charge in [-0.2, -0.15) is 0 Å². The van der Waals surface area contributed by atoms with Gasteiger partial charge in [0.1, 0.15) is 0 Å². The Labute approximate surface area is 61.9 Å². The van der Waals surface area contributed by atoms with Crippen molar-refractivity contribution in [1.82, 2.24) is 4.72 Å². The predicted molar refractivity (Wildman–Crippen MR) is 39.9 cm³/mol. The van der Waals surface area contributed by atoms with Crippen molar-refractivity contribution >= 4 is 10.0 Å². The number of hydrogen-bond donors (Lipinski definition) is 1. The van der Waals surface area contributed by atoms with Gasteiger partial charge in [0.05, 0.1) is 5.75 Å². The summed E-state index contributed by atoms with van der Waals surface area (Å²) in [6.07, 6.45) is 2.14. The van der Waals surface area contributed by atoms with Crippen molar-refractivity contribution in [3.05, 3.63) is 6.92 Å². The molecule has 10 heavy (non-hydrogen) atoms. The van der Waals surface area contributed by atoms with E-state index in [0.29, 0.717) is 11.7 Å². The summed E-state index contributed by atoms with van der Waals surface area (Å²) in [6, 6.07) is 0. The van der Waals surface area contributed by atoms with Crippen LogP contribution < -0.4 is 4.72 Å². The minimum atomic E-state index is -2.98. The molecule has 0 heterocycles. The van der Waals surface area contributed by atoms with E-state index in [0.717, 1.165) is 12.8 Å². The summed E-state index contributed by atoms with van der Waals surface area (Å²) in [5, 5.41) is 0. The quantitative estimate of drug-likeness (QED) is 0.639. The van der Waals surface area contributed by atoms with Crippen molar-refractivity contribution in [2.75, 3.05) is 12.3 Å². The predicted octanol–water partition coefficient (Wildman–Crippen LogP) is 0.150. The van der Waals surface area contributed by atoms with Crippen LogP contribution in [0.5, 0.6) is 0 Å². The Morgan fingerprint density at radius 2 is 2.10 bits per heavy atom. The monoisotopic (exact) mass is 162 g/mol. The van der Waals surface area contributed by atoms with Crippen LogP contribution in [-0.2, 0) is 10.0 Å². The van der Waals surface area contributed by atoms with E-state index >= 15 is 0 Å². The van der Waals surface area contributed by atoms with Gasteiger partial charge in [0.2, 0.25) is 10.0 Å². The molecule has 1 aliphatic carbocycles. The lowest BCUT2D eigenvalue weighted by Gasteiger charge is -2.00. The molecule has 0 unspecified atom stereocenters. The molecule has 0 saturated heterocycles. The Bertz CT molecular complexity index is 194. The van der Waals surface area contributed by atoms with E-state index in [1.807, 2.05) is 0 Å². The first-order valence-electron chi connectivity index (χ1n) is 3.40. The number of hydrogen-bond acceptors (Lipinski definition) is 2. The molecule has 0 amide bonds. The van der Waals surface area contributed by atoms with E-state index in [-0.39, 0.29) is 6.54 Å². The van der Waals surface area contributed by atoms with Crippen LogP contribution in [0.15, 0.2) is 0 Å². The molecule has 1 saturated carbocycles. The third-order valence-electron chi connectivity index (χ3n) is 1.47. The summed E-state index contributed by atoms with van der Waals surface area (Å²) in [5.74, 6) is 0.715. The summed E-state index contributed by atoms with van der Waals surface area (Å²) in [4.78, 5) is 0. The maximum atomic E-state index is 10.9. The lowest BCUT2D eigenvalue weighted by atomic mass is 10.5. The van der Waals surface area contributed by atoms with Gasteiger partial charge in [0.15, 0.2) is 0 Å². The van der Waals surface area contributed by atoms with E-state index in [2.05, 4.69) is 11.6 Å². The van der Waals surface area contributed by atoms with Crippen LogP contribution in [0.1, 0.15) is 12.8 Å². The van der Waals surface area contributed by atoms with E-state index in [1.54, 1.807) is 0 Å². The fourth-order valence-corrected chi connectivity index (χ4v) is 2.19. The standard InChI is InChI=1S/C6H12NO2S/c1-2-7-10(8,9)5-6-3-4-6/h6-7H,1-5H2. The third-order valence-corrected chi connectivity index (χ3v) is 3.03. The zero-order valence-electron chi connectivity index (χ0n) is 5.84. The van der Waals surface area contributed by atoms with Crippen molar-refractivity contribution < 1.29 is 8.42 Å². The fourth-order valence-electron chi connectivity index (χ4n) is 0.809. The van der Waals surface area contributed by atoms with Gasteiger partial charge in [0.25, 0.3) is 0 Å². The minimum absolute atomic E-state index is 0.259. The minimum Gasteiger partial charge on any atom is -0.215 e. The second-order valence-electron chi connectivity index (χ2n) is 2.62. The van der Waals surface area contributed by atoms with E-state index in [4.69, 9.17) is 0 Å². The molecule has 59 valence electrons. The molecule has 4 heteroatoms. The Morgan fingerprint density at radius 3 is 2.50 bits per heavy atom. The van der Waals surface area contributed by atoms with Crippen molar-refractivity contribution in [2.24, 2.45) is 5.92 Å². The molecular weight excluding hydrogens is 150 g/mol. The van der Waals surface area contributed by atoms with Gasteiger partial charge in [-0.05, 0) is 25.7 Å². The van der Waals surface area contributed by atoms with Gasteiger partial charge in [-0.25, -0.2) is 13.1 Å². The normalized spacial score (nSPS) is 19.3. The second kappa shape index (κ2) is 2.88. The molecule has 0 spiro atoms. The molecule has 0 bridgehead atoms. The highest BCUT2D eigenvalue weighted by Crippen LogP contribution is 2.29. The lowest BCUT2D eigenvalue weighted by Crippen LogP contribution is -2.26. The van der Waals surface area contributed by atoms with Crippen LogP contribution in [0.4, 0.5) is 0 Å². The summed E-state index contributed by atoms with van der Waals surface area (Å²) >= 11 is 0. The first-order chi connectivity index (χ1) is 4.64. The number of sulfonamides is 1. The van der Waals surface area contributed by atoms with Crippen molar-refractivity contribution in [3.8, 4) is 0 Å². The van der Waals surface area contributed by atoms with Gasteiger partial charge in [-0.1, -0.05) is 0 Å². The van der Waals surface area contributed by atoms with Crippen molar-refractivity contribution in [2.45, 2.75) is 12.8 Å². The Morgan fingerprint density at radius 1 is 1.50 bits per heavy atom. The fraction of sp³-hybridized carbons (Fsp3) is 0.833. The molecular formula is C6H12NO2S. The summed E-state index contributed by atoms with van der Waals surface area (Å²) in [5.41, 5.74) is 0. The Hall–Kier alpha value is -0.0900. The molecule has 0 aromatic heterocycles. The SMILES string of the molecule is [CH2]CNS(=O)(=O)CC1CC1. The summed E-state index contributed by atoms with van der Waals surface area (Å²) in [6.45, 7) is 3.67.